The molecule has 0 amide bonds. The van der Waals surface area contributed by atoms with Gasteiger partial charge in [-0.2, -0.15) is 5.10 Å². The maximum atomic E-state index is 5.51. The molecular weight excluding hydrogens is 372 g/mol. The van der Waals surface area contributed by atoms with Crippen LogP contribution in [-0.4, -0.2) is 49.1 Å². The molecule has 1 fully saturated rings. The topological polar surface area (TPSA) is 58.1 Å². The van der Waals surface area contributed by atoms with Gasteiger partial charge in [-0.15, -0.1) is 0 Å². The molecule has 0 aromatic heterocycles. The molecular formula is C21H26N4O2S. The lowest BCUT2D eigenvalue weighted by Gasteiger charge is -2.34. The predicted octanol–water partition coefficient (Wildman–Crippen LogP) is 3.43. The number of morpholine rings is 1. The largest absolute Gasteiger partial charge is 0.497 e. The summed E-state index contributed by atoms with van der Waals surface area (Å²) < 4.78 is 10.7. The molecule has 1 saturated heterocycles. The van der Waals surface area contributed by atoms with Crippen molar-refractivity contribution in [1.82, 2.24) is 10.3 Å². The third kappa shape index (κ3) is 5.51. The standard InChI is InChI=1S/C21H26N4O2S/c1-16(23-24-21(28)22-18-8-10-19(26-2)11-9-18)20(17-6-4-3-5-7-17)25-12-14-27-15-13-25/h3-11,20H,12-15H2,1-2H3,(H2,22,24,28)/b23-16-/t20-/m0/s1. The number of hydrazone groups is 1. The van der Waals surface area contributed by atoms with E-state index < -0.39 is 0 Å². The van der Waals surface area contributed by atoms with Gasteiger partial charge in [0, 0.05) is 18.8 Å². The van der Waals surface area contributed by atoms with Crippen molar-refractivity contribution in [2.24, 2.45) is 5.10 Å². The van der Waals surface area contributed by atoms with Crippen molar-refractivity contribution in [1.29, 1.82) is 0 Å². The first kappa shape index (κ1) is 20.3. The molecule has 0 saturated carbocycles. The van der Waals surface area contributed by atoms with Gasteiger partial charge in [-0.1, -0.05) is 30.3 Å². The third-order valence-corrected chi connectivity index (χ3v) is 4.80. The summed E-state index contributed by atoms with van der Waals surface area (Å²) in [5, 5.41) is 8.14. The first-order valence-corrected chi connectivity index (χ1v) is 9.70. The molecule has 0 unspecified atom stereocenters. The second kappa shape index (κ2) is 10.2. The zero-order chi connectivity index (χ0) is 19.8. The Morgan fingerprint density at radius 2 is 1.79 bits per heavy atom. The Hall–Kier alpha value is -2.48. The van der Waals surface area contributed by atoms with Crippen molar-refractivity contribution in [2.45, 2.75) is 13.0 Å². The second-order valence-corrected chi connectivity index (χ2v) is 6.92. The Morgan fingerprint density at radius 1 is 1.11 bits per heavy atom. The summed E-state index contributed by atoms with van der Waals surface area (Å²) in [6.45, 7) is 5.25. The average molecular weight is 399 g/mol. The lowest BCUT2D eigenvalue weighted by atomic mass is 10.0. The molecule has 28 heavy (non-hydrogen) atoms. The van der Waals surface area contributed by atoms with Gasteiger partial charge in [0.1, 0.15) is 5.75 Å². The minimum Gasteiger partial charge on any atom is -0.497 e. The van der Waals surface area contributed by atoms with E-state index in [1.165, 1.54) is 5.56 Å². The van der Waals surface area contributed by atoms with Gasteiger partial charge in [0.05, 0.1) is 32.1 Å². The highest BCUT2D eigenvalue weighted by molar-refractivity contribution is 7.80. The van der Waals surface area contributed by atoms with E-state index in [1.807, 2.05) is 37.3 Å². The predicted molar refractivity (Wildman–Crippen MR) is 117 cm³/mol. The number of anilines is 1. The van der Waals surface area contributed by atoms with Crippen LogP contribution < -0.4 is 15.5 Å². The molecule has 7 heteroatoms. The Morgan fingerprint density at radius 3 is 2.43 bits per heavy atom. The first-order valence-electron chi connectivity index (χ1n) is 9.29. The molecule has 2 N–H and O–H groups in total. The van der Waals surface area contributed by atoms with Crippen LogP contribution in [0.5, 0.6) is 5.75 Å². The molecule has 0 spiro atoms. The Bertz CT molecular complexity index is 790. The van der Waals surface area contributed by atoms with Crippen LogP contribution in [-0.2, 0) is 4.74 Å². The van der Waals surface area contributed by atoms with E-state index in [0.717, 1.165) is 43.5 Å². The molecule has 2 aromatic carbocycles. The van der Waals surface area contributed by atoms with E-state index in [-0.39, 0.29) is 6.04 Å². The number of methoxy groups -OCH3 is 1. The fourth-order valence-corrected chi connectivity index (χ4v) is 3.38. The SMILES string of the molecule is COc1ccc(NC(=S)N/N=C(/C)[C@@H](c2ccccc2)N2CCOCC2)cc1. The number of ether oxygens (including phenoxy) is 2. The highest BCUT2D eigenvalue weighted by atomic mass is 32.1. The summed E-state index contributed by atoms with van der Waals surface area (Å²) >= 11 is 5.38. The quantitative estimate of drug-likeness (QED) is 0.442. The number of hydrogen-bond donors (Lipinski definition) is 2. The summed E-state index contributed by atoms with van der Waals surface area (Å²) in [4.78, 5) is 2.39. The van der Waals surface area contributed by atoms with Crippen LogP contribution in [0.2, 0.25) is 0 Å². The maximum Gasteiger partial charge on any atom is 0.191 e. The number of benzene rings is 2. The third-order valence-electron chi connectivity index (χ3n) is 4.60. The van der Waals surface area contributed by atoms with Crippen molar-refractivity contribution in [3.05, 3.63) is 60.2 Å². The van der Waals surface area contributed by atoms with Gasteiger partial charge in [-0.3, -0.25) is 10.3 Å². The number of rotatable bonds is 6. The van der Waals surface area contributed by atoms with Crippen LogP contribution in [0, 0.1) is 0 Å². The summed E-state index contributed by atoms with van der Waals surface area (Å²) in [5.41, 5.74) is 6.00. The van der Waals surface area contributed by atoms with E-state index in [0.29, 0.717) is 5.11 Å². The van der Waals surface area contributed by atoms with Gasteiger partial charge in [0.15, 0.2) is 5.11 Å². The first-order chi connectivity index (χ1) is 13.7. The monoisotopic (exact) mass is 398 g/mol. The summed E-state index contributed by atoms with van der Waals surface area (Å²) in [6, 6.07) is 18.1. The smallest absolute Gasteiger partial charge is 0.191 e. The normalized spacial score (nSPS) is 16.3. The van der Waals surface area contributed by atoms with Gasteiger partial charge in [0.2, 0.25) is 0 Å². The van der Waals surface area contributed by atoms with Crippen LogP contribution in [0.25, 0.3) is 0 Å². The van der Waals surface area contributed by atoms with E-state index >= 15 is 0 Å². The van der Waals surface area contributed by atoms with Gasteiger partial charge >= 0.3 is 0 Å². The van der Waals surface area contributed by atoms with Gasteiger partial charge in [0.25, 0.3) is 0 Å². The number of nitrogens with zero attached hydrogens (tertiary/aromatic N) is 2. The van der Waals surface area contributed by atoms with Crippen LogP contribution in [0.3, 0.4) is 0 Å². The number of hydrogen-bond acceptors (Lipinski definition) is 5. The van der Waals surface area contributed by atoms with Crippen LogP contribution >= 0.6 is 12.2 Å². The van der Waals surface area contributed by atoms with Crippen LogP contribution in [0.15, 0.2) is 59.7 Å². The summed E-state index contributed by atoms with van der Waals surface area (Å²) in [6.07, 6.45) is 0. The highest BCUT2D eigenvalue weighted by Crippen LogP contribution is 2.23. The fourth-order valence-electron chi connectivity index (χ4n) is 3.22. The minimum absolute atomic E-state index is 0.0846. The molecule has 6 nitrogen and oxygen atoms in total. The van der Waals surface area contributed by atoms with Gasteiger partial charge in [-0.25, -0.2) is 0 Å². The average Bonchev–Trinajstić information content (AvgIpc) is 2.74. The summed E-state index contributed by atoms with van der Waals surface area (Å²) in [5.74, 6) is 0.800. The maximum absolute atomic E-state index is 5.51. The zero-order valence-corrected chi connectivity index (χ0v) is 17.0. The molecule has 0 bridgehead atoms. The van der Waals surface area contributed by atoms with Gasteiger partial charge in [-0.05, 0) is 49.0 Å². The van der Waals surface area contributed by atoms with Crippen molar-refractivity contribution in [2.75, 3.05) is 38.7 Å². The number of nitrogens with one attached hydrogen (secondary N) is 2. The van der Waals surface area contributed by atoms with E-state index in [9.17, 15) is 0 Å². The fraction of sp³-hybridized carbons (Fsp3) is 0.333. The van der Waals surface area contributed by atoms with Crippen LogP contribution in [0.4, 0.5) is 5.69 Å². The lowest BCUT2D eigenvalue weighted by Crippen LogP contribution is -2.42. The van der Waals surface area contributed by atoms with Gasteiger partial charge < -0.3 is 14.8 Å². The molecule has 1 atom stereocenters. The highest BCUT2D eigenvalue weighted by Gasteiger charge is 2.25. The lowest BCUT2D eigenvalue weighted by molar-refractivity contribution is 0.0285. The molecule has 0 aliphatic carbocycles. The number of thiocarbonyl (C=S) groups is 1. The van der Waals surface area contributed by atoms with E-state index in [4.69, 9.17) is 21.7 Å². The molecule has 2 aromatic rings. The van der Waals surface area contributed by atoms with Crippen molar-refractivity contribution >= 4 is 28.7 Å². The molecule has 148 valence electrons. The zero-order valence-electron chi connectivity index (χ0n) is 16.2. The summed E-state index contributed by atoms with van der Waals surface area (Å²) in [7, 11) is 1.64. The second-order valence-electron chi connectivity index (χ2n) is 6.51. The van der Waals surface area contributed by atoms with Crippen molar-refractivity contribution < 1.29 is 9.47 Å². The van der Waals surface area contributed by atoms with E-state index in [2.05, 4.69) is 45.0 Å². The van der Waals surface area contributed by atoms with Crippen LogP contribution in [0.1, 0.15) is 18.5 Å². The molecule has 0 radical (unpaired) electrons. The molecule has 1 aliphatic heterocycles. The van der Waals surface area contributed by atoms with E-state index in [1.54, 1.807) is 7.11 Å². The Kier molecular flexibility index (Phi) is 7.36. The Balaban J connectivity index is 1.67. The minimum atomic E-state index is 0.0846. The van der Waals surface area contributed by atoms with Crippen molar-refractivity contribution in [3.63, 3.8) is 0 Å². The molecule has 1 heterocycles. The van der Waals surface area contributed by atoms with Crippen molar-refractivity contribution in [3.8, 4) is 5.75 Å². The molecule has 1 aliphatic rings. The molecule has 3 rings (SSSR count). The Labute approximate surface area is 171 Å².